The lowest BCUT2D eigenvalue weighted by atomic mass is 10.0. The van der Waals surface area contributed by atoms with Gasteiger partial charge in [-0.05, 0) is 55.7 Å². The van der Waals surface area contributed by atoms with Crippen molar-refractivity contribution in [3.8, 4) is 5.75 Å². The molecule has 7 nitrogen and oxygen atoms in total. The molecule has 2 heterocycles. The van der Waals surface area contributed by atoms with Gasteiger partial charge in [0.05, 0.1) is 5.56 Å². The number of nitrogens with zero attached hydrogens (tertiary/aromatic N) is 2. The van der Waals surface area contributed by atoms with Crippen LogP contribution in [-0.4, -0.2) is 54.9 Å². The largest absolute Gasteiger partial charge is 0.484 e. The SMILES string of the molecule is O=C(COc1ccc(N2CCCC2=O)cc1)NC1CCN(C(=O)c2ccccc2F)CC1. The second-order valence-corrected chi connectivity index (χ2v) is 8.05. The molecule has 1 N–H and O–H groups in total. The number of piperidine rings is 1. The van der Waals surface area contributed by atoms with E-state index in [0.717, 1.165) is 18.7 Å². The van der Waals surface area contributed by atoms with Crippen LogP contribution in [0.2, 0.25) is 0 Å². The van der Waals surface area contributed by atoms with Gasteiger partial charge in [0.2, 0.25) is 5.91 Å². The average molecular weight is 439 g/mol. The summed E-state index contributed by atoms with van der Waals surface area (Å²) in [6.45, 7) is 1.52. The smallest absolute Gasteiger partial charge is 0.258 e. The maximum absolute atomic E-state index is 13.9. The van der Waals surface area contributed by atoms with Crippen molar-refractivity contribution in [1.82, 2.24) is 10.2 Å². The van der Waals surface area contributed by atoms with Crippen molar-refractivity contribution < 1.29 is 23.5 Å². The van der Waals surface area contributed by atoms with Crippen molar-refractivity contribution in [2.24, 2.45) is 0 Å². The number of amides is 3. The van der Waals surface area contributed by atoms with Gasteiger partial charge in [-0.2, -0.15) is 0 Å². The lowest BCUT2D eigenvalue weighted by Crippen LogP contribution is -2.47. The van der Waals surface area contributed by atoms with Crippen molar-refractivity contribution in [1.29, 1.82) is 0 Å². The number of rotatable bonds is 6. The van der Waals surface area contributed by atoms with E-state index in [9.17, 15) is 18.8 Å². The molecule has 0 spiro atoms. The molecular weight excluding hydrogens is 413 g/mol. The quantitative estimate of drug-likeness (QED) is 0.751. The molecule has 0 atom stereocenters. The van der Waals surface area contributed by atoms with Crippen LogP contribution < -0.4 is 15.0 Å². The lowest BCUT2D eigenvalue weighted by Gasteiger charge is -2.32. The normalized spacial score (nSPS) is 16.8. The Kier molecular flexibility index (Phi) is 6.68. The van der Waals surface area contributed by atoms with E-state index in [1.165, 1.54) is 12.1 Å². The number of nitrogens with one attached hydrogen (secondary N) is 1. The lowest BCUT2D eigenvalue weighted by molar-refractivity contribution is -0.124. The summed E-state index contributed by atoms with van der Waals surface area (Å²) in [5, 5.41) is 2.93. The molecule has 2 fully saturated rings. The van der Waals surface area contributed by atoms with E-state index in [2.05, 4.69) is 5.32 Å². The summed E-state index contributed by atoms with van der Waals surface area (Å²) in [4.78, 5) is 39.9. The van der Waals surface area contributed by atoms with Crippen molar-refractivity contribution in [3.63, 3.8) is 0 Å². The summed E-state index contributed by atoms with van der Waals surface area (Å²) in [6.07, 6.45) is 2.65. The van der Waals surface area contributed by atoms with Crippen LogP contribution in [0, 0.1) is 5.82 Å². The number of halogens is 1. The summed E-state index contributed by atoms with van der Waals surface area (Å²) in [6, 6.07) is 13.0. The summed E-state index contributed by atoms with van der Waals surface area (Å²) in [5.74, 6) is -0.399. The van der Waals surface area contributed by atoms with Crippen molar-refractivity contribution in [3.05, 3.63) is 59.9 Å². The zero-order valence-corrected chi connectivity index (χ0v) is 17.8. The van der Waals surface area contributed by atoms with E-state index in [1.54, 1.807) is 34.1 Å². The van der Waals surface area contributed by atoms with Gasteiger partial charge in [-0.1, -0.05) is 12.1 Å². The molecule has 2 saturated heterocycles. The highest BCUT2D eigenvalue weighted by Gasteiger charge is 2.26. The first-order valence-electron chi connectivity index (χ1n) is 10.9. The maximum Gasteiger partial charge on any atom is 0.258 e. The molecule has 4 rings (SSSR count). The maximum atomic E-state index is 13.9. The van der Waals surface area contributed by atoms with E-state index in [-0.39, 0.29) is 35.9 Å². The Balaban J connectivity index is 1.20. The molecule has 2 aliphatic heterocycles. The summed E-state index contributed by atoms with van der Waals surface area (Å²) in [5.41, 5.74) is 0.907. The summed E-state index contributed by atoms with van der Waals surface area (Å²) < 4.78 is 19.4. The topological polar surface area (TPSA) is 79.0 Å². The highest BCUT2D eigenvalue weighted by Crippen LogP contribution is 2.24. The van der Waals surface area contributed by atoms with Crippen LogP contribution in [0.3, 0.4) is 0 Å². The van der Waals surface area contributed by atoms with Crippen LogP contribution in [-0.2, 0) is 9.59 Å². The molecule has 2 aliphatic rings. The molecule has 8 heteroatoms. The van der Waals surface area contributed by atoms with Gasteiger partial charge in [-0.25, -0.2) is 4.39 Å². The number of benzene rings is 2. The van der Waals surface area contributed by atoms with Crippen LogP contribution in [0.4, 0.5) is 10.1 Å². The molecule has 0 aromatic heterocycles. The number of hydrogen-bond acceptors (Lipinski definition) is 4. The molecule has 0 aliphatic carbocycles. The van der Waals surface area contributed by atoms with Crippen LogP contribution in [0.25, 0.3) is 0 Å². The Morgan fingerprint density at radius 3 is 2.41 bits per heavy atom. The summed E-state index contributed by atoms with van der Waals surface area (Å²) in [7, 11) is 0. The Morgan fingerprint density at radius 2 is 1.75 bits per heavy atom. The minimum Gasteiger partial charge on any atom is -0.484 e. The molecule has 32 heavy (non-hydrogen) atoms. The molecule has 0 radical (unpaired) electrons. The third-order valence-corrected chi connectivity index (χ3v) is 5.84. The van der Waals surface area contributed by atoms with Crippen molar-refractivity contribution in [2.75, 3.05) is 31.1 Å². The third-order valence-electron chi connectivity index (χ3n) is 5.84. The van der Waals surface area contributed by atoms with Gasteiger partial charge in [0, 0.05) is 37.8 Å². The van der Waals surface area contributed by atoms with E-state index < -0.39 is 5.82 Å². The van der Waals surface area contributed by atoms with Gasteiger partial charge in [-0.15, -0.1) is 0 Å². The molecule has 168 valence electrons. The zero-order chi connectivity index (χ0) is 22.5. The first kappa shape index (κ1) is 21.8. The number of carbonyl (C=O) groups excluding carboxylic acids is 3. The minimum absolute atomic E-state index is 0.0562. The fourth-order valence-corrected chi connectivity index (χ4v) is 4.09. The monoisotopic (exact) mass is 439 g/mol. The molecular formula is C24H26FN3O4. The van der Waals surface area contributed by atoms with Gasteiger partial charge >= 0.3 is 0 Å². The van der Waals surface area contributed by atoms with E-state index in [0.29, 0.717) is 38.1 Å². The molecule has 2 aromatic carbocycles. The highest BCUT2D eigenvalue weighted by molar-refractivity contribution is 5.95. The first-order valence-corrected chi connectivity index (χ1v) is 10.9. The van der Waals surface area contributed by atoms with Crippen LogP contribution >= 0.6 is 0 Å². The predicted molar refractivity (Wildman–Crippen MR) is 117 cm³/mol. The van der Waals surface area contributed by atoms with E-state index >= 15 is 0 Å². The average Bonchev–Trinajstić information content (AvgIpc) is 3.24. The fourth-order valence-electron chi connectivity index (χ4n) is 4.09. The van der Waals surface area contributed by atoms with Gasteiger partial charge in [0.15, 0.2) is 6.61 Å². The second-order valence-electron chi connectivity index (χ2n) is 8.05. The standard InChI is InChI=1S/C24H26FN3O4/c25-21-5-2-1-4-20(21)24(31)27-14-11-17(12-15-27)26-22(29)16-32-19-9-7-18(8-10-19)28-13-3-6-23(28)30/h1-2,4-5,7-10,17H,3,6,11-16H2,(H,26,29). The number of anilines is 1. The van der Waals surface area contributed by atoms with Crippen LogP contribution in [0.1, 0.15) is 36.0 Å². The molecule has 3 amide bonds. The molecule has 0 bridgehead atoms. The number of hydrogen-bond donors (Lipinski definition) is 1. The fraction of sp³-hybridized carbons (Fsp3) is 0.375. The molecule has 2 aromatic rings. The Hall–Kier alpha value is -3.42. The summed E-state index contributed by atoms with van der Waals surface area (Å²) >= 11 is 0. The van der Waals surface area contributed by atoms with Gasteiger partial charge < -0.3 is 19.9 Å². The van der Waals surface area contributed by atoms with E-state index in [4.69, 9.17) is 4.74 Å². The number of ether oxygens (including phenoxy) is 1. The van der Waals surface area contributed by atoms with Crippen molar-refractivity contribution >= 4 is 23.4 Å². The van der Waals surface area contributed by atoms with E-state index in [1.807, 2.05) is 12.1 Å². The van der Waals surface area contributed by atoms with Gasteiger partial charge in [-0.3, -0.25) is 14.4 Å². The Bertz CT molecular complexity index is 987. The molecule has 0 unspecified atom stereocenters. The first-order chi connectivity index (χ1) is 15.5. The van der Waals surface area contributed by atoms with Crippen LogP contribution in [0.5, 0.6) is 5.75 Å². The third kappa shape index (κ3) is 5.07. The number of likely N-dealkylation sites (tertiary alicyclic amines) is 1. The highest BCUT2D eigenvalue weighted by atomic mass is 19.1. The Labute approximate surface area is 186 Å². The predicted octanol–water partition coefficient (Wildman–Crippen LogP) is 2.75. The van der Waals surface area contributed by atoms with Gasteiger partial charge in [0.1, 0.15) is 11.6 Å². The number of carbonyl (C=O) groups is 3. The zero-order valence-electron chi connectivity index (χ0n) is 17.8. The second kappa shape index (κ2) is 9.80. The Morgan fingerprint density at radius 1 is 1.03 bits per heavy atom. The van der Waals surface area contributed by atoms with Gasteiger partial charge in [0.25, 0.3) is 11.8 Å². The van der Waals surface area contributed by atoms with Crippen LogP contribution in [0.15, 0.2) is 48.5 Å². The minimum atomic E-state index is -0.523. The van der Waals surface area contributed by atoms with Crippen molar-refractivity contribution in [2.45, 2.75) is 31.7 Å². The molecule has 0 saturated carbocycles.